The van der Waals surface area contributed by atoms with Crippen molar-refractivity contribution in [2.45, 2.75) is 18.8 Å². The van der Waals surface area contributed by atoms with Crippen molar-refractivity contribution >= 4 is 41.2 Å². The first-order chi connectivity index (χ1) is 20.2. The largest absolute Gasteiger partial charge is 0.322 e. The SMILES string of the molecule is CN(C)CCC=C1c2ccccc2N(C(=O)c2ccc(NC(=O)c3ccccc3-c3ccccc3)cc2)CCC1(F)F.Cl. The molecular formula is C35H34ClF2N3O2. The molecule has 1 N–H and O–H groups in total. The van der Waals surface area contributed by atoms with Crippen LogP contribution in [0.15, 0.2) is 109 Å². The normalized spacial score (nSPS) is 14.9. The summed E-state index contributed by atoms with van der Waals surface area (Å²) in [5.74, 6) is -3.72. The maximum absolute atomic E-state index is 15.4. The number of rotatable bonds is 7. The highest BCUT2D eigenvalue weighted by atomic mass is 35.5. The molecule has 0 unspecified atom stereocenters. The molecule has 0 fully saturated rings. The lowest BCUT2D eigenvalue weighted by Crippen LogP contribution is -2.33. The summed E-state index contributed by atoms with van der Waals surface area (Å²) in [6.07, 6.45) is 1.60. The third-order valence-corrected chi connectivity index (χ3v) is 7.34. The standard InChI is InChI=1S/C35H33F2N3O2.ClH/c1-39(2)23-10-16-31-30-15-8-9-17-32(30)40(24-22-35(31,36)37)34(42)26-18-20-27(21-19-26)38-33(41)29-14-7-6-13-28(29)25-11-4-3-5-12-25;/h3-9,11-21H,10,22-24H2,1-2H3,(H,38,41);1H. The quantitative estimate of drug-likeness (QED) is 0.233. The van der Waals surface area contributed by atoms with E-state index in [2.05, 4.69) is 5.32 Å². The minimum atomic E-state index is -3.07. The number of alkyl halides is 2. The number of anilines is 2. The van der Waals surface area contributed by atoms with Crippen LogP contribution in [0, 0.1) is 0 Å². The second-order valence-electron chi connectivity index (χ2n) is 10.6. The fourth-order valence-corrected chi connectivity index (χ4v) is 5.18. The van der Waals surface area contributed by atoms with Gasteiger partial charge in [0.2, 0.25) is 0 Å². The lowest BCUT2D eigenvalue weighted by atomic mass is 9.96. The molecule has 5 nitrogen and oxygen atoms in total. The summed E-state index contributed by atoms with van der Waals surface area (Å²) in [5, 5.41) is 2.91. The van der Waals surface area contributed by atoms with Crippen LogP contribution < -0.4 is 10.2 Å². The summed E-state index contributed by atoms with van der Waals surface area (Å²) in [7, 11) is 3.80. The first-order valence-corrected chi connectivity index (χ1v) is 13.9. The Hall–Kier alpha value is -4.33. The third kappa shape index (κ3) is 7.19. The van der Waals surface area contributed by atoms with Crippen LogP contribution >= 0.6 is 12.4 Å². The molecule has 0 saturated carbocycles. The molecule has 0 radical (unpaired) electrons. The van der Waals surface area contributed by atoms with E-state index in [4.69, 9.17) is 0 Å². The second-order valence-corrected chi connectivity index (χ2v) is 10.6. The van der Waals surface area contributed by atoms with Gasteiger partial charge in [0.1, 0.15) is 0 Å². The van der Waals surface area contributed by atoms with Crippen LogP contribution in [0.2, 0.25) is 0 Å². The number of benzene rings is 4. The molecule has 0 bridgehead atoms. The van der Waals surface area contributed by atoms with Gasteiger partial charge in [-0.1, -0.05) is 72.8 Å². The summed E-state index contributed by atoms with van der Waals surface area (Å²) in [4.78, 5) is 30.2. The lowest BCUT2D eigenvalue weighted by molar-refractivity contribution is 0.0599. The van der Waals surface area contributed by atoms with E-state index in [1.165, 1.54) is 4.90 Å². The zero-order valence-corrected chi connectivity index (χ0v) is 24.9. The van der Waals surface area contributed by atoms with Gasteiger partial charge in [0.15, 0.2) is 0 Å². The van der Waals surface area contributed by atoms with Gasteiger partial charge in [-0.3, -0.25) is 9.59 Å². The van der Waals surface area contributed by atoms with Gasteiger partial charge in [-0.15, -0.1) is 12.4 Å². The van der Waals surface area contributed by atoms with Crippen molar-refractivity contribution in [1.29, 1.82) is 0 Å². The monoisotopic (exact) mass is 601 g/mol. The van der Waals surface area contributed by atoms with Gasteiger partial charge in [0.05, 0.1) is 5.69 Å². The Kier molecular flexibility index (Phi) is 10.1. The topological polar surface area (TPSA) is 52.6 Å². The van der Waals surface area contributed by atoms with Crippen LogP contribution in [0.4, 0.5) is 20.2 Å². The van der Waals surface area contributed by atoms with Crippen molar-refractivity contribution in [3.8, 4) is 11.1 Å². The summed E-state index contributed by atoms with van der Waals surface area (Å²) in [6.45, 7) is 0.522. The maximum atomic E-state index is 15.4. The minimum Gasteiger partial charge on any atom is -0.322 e. The summed E-state index contributed by atoms with van der Waals surface area (Å²) in [5.41, 5.74) is 3.93. The van der Waals surface area contributed by atoms with Gasteiger partial charge >= 0.3 is 0 Å². The van der Waals surface area contributed by atoms with Gasteiger partial charge < -0.3 is 15.1 Å². The van der Waals surface area contributed by atoms with E-state index in [1.807, 2.05) is 67.5 Å². The highest BCUT2D eigenvalue weighted by Gasteiger charge is 2.40. The Morgan fingerprint density at radius 2 is 1.49 bits per heavy atom. The number of carbonyl (C=O) groups is 2. The number of nitrogens with zero attached hydrogens (tertiary/aromatic N) is 2. The molecule has 2 amide bonds. The highest BCUT2D eigenvalue weighted by molar-refractivity contribution is 6.10. The Morgan fingerprint density at radius 1 is 0.860 bits per heavy atom. The molecule has 0 aliphatic carbocycles. The van der Waals surface area contributed by atoms with Gasteiger partial charge in [0, 0.05) is 47.5 Å². The van der Waals surface area contributed by atoms with Crippen LogP contribution in [0.3, 0.4) is 0 Å². The van der Waals surface area contributed by atoms with Crippen molar-refractivity contribution in [2.75, 3.05) is 37.4 Å². The van der Waals surface area contributed by atoms with Crippen LogP contribution in [-0.2, 0) is 0 Å². The smallest absolute Gasteiger partial charge is 0.275 e. The molecule has 4 aromatic rings. The molecule has 5 rings (SSSR count). The van der Waals surface area contributed by atoms with Crippen molar-refractivity contribution in [1.82, 2.24) is 4.90 Å². The van der Waals surface area contributed by atoms with E-state index in [0.29, 0.717) is 41.0 Å². The molecule has 1 aliphatic heterocycles. The summed E-state index contributed by atoms with van der Waals surface area (Å²) >= 11 is 0. The average Bonchev–Trinajstić information content (AvgIpc) is 3.11. The molecule has 0 spiro atoms. The van der Waals surface area contributed by atoms with Crippen molar-refractivity contribution in [2.24, 2.45) is 0 Å². The molecule has 43 heavy (non-hydrogen) atoms. The van der Waals surface area contributed by atoms with Crippen LogP contribution in [0.1, 0.15) is 39.1 Å². The lowest BCUT2D eigenvalue weighted by Gasteiger charge is -2.23. The third-order valence-electron chi connectivity index (χ3n) is 7.34. The van der Waals surface area contributed by atoms with Crippen molar-refractivity contribution in [3.05, 3.63) is 126 Å². The van der Waals surface area contributed by atoms with E-state index < -0.39 is 12.3 Å². The van der Waals surface area contributed by atoms with E-state index >= 15 is 8.78 Å². The van der Waals surface area contributed by atoms with Crippen LogP contribution in [0.5, 0.6) is 0 Å². The first kappa shape index (κ1) is 31.6. The fourth-order valence-electron chi connectivity index (χ4n) is 5.18. The number of allylic oxidation sites excluding steroid dienone is 1. The zero-order chi connectivity index (χ0) is 29.7. The number of hydrogen-bond donors (Lipinski definition) is 1. The average molecular weight is 602 g/mol. The second kappa shape index (κ2) is 13.8. The number of hydrogen-bond acceptors (Lipinski definition) is 3. The van der Waals surface area contributed by atoms with E-state index in [9.17, 15) is 9.59 Å². The van der Waals surface area contributed by atoms with Crippen LogP contribution in [0.25, 0.3) is 16.7 Å². The molecule has 4 aromatic carbocycles. The van der Waals surface area contributed by atoms with Gasteiger partial charge in [-0.2, -0.15) is 0 Å². The molecule has 0 atom stereocenters. The Morgan fingerprint density at radius 3 is 2.19 bits per heavy atom. The van der Waals surface area contributed by atoms with E-state index in [0.717, 1.165) is 11.1 Å². The number of para-hydroxylation sites is 1. The molecule has 0 aromatic heterocycles. The number of halogens is 3. The predicted octanol–water partition coefficient (Wildman–Crippen LogP) is 8.05. The van der Waals surface area contributed by atoms with Crippen molar-refractivity contribution in [3.63, 3.8) is 0 Å². The number of amides is 2. The zero-order valence-electron chi connectivity index (χ0n) is 24.1. The summed E-state index contributed by atoms with van der Waals surface area (Å²) in [6, 6.07) is 30.4. The predicted molar refractivity (Wildman–Crippen MR) is 172 cm³/mol. The first-order valence-electron chi connectivity index (χ1n) is 13.9. The molecular weight excluding hydrogens is 568 g/mol. The molecule has 222 valence electrons. The van der Waals surface area contributed by atoms with Crippen molar-refractivity contribution < 1.29 is 18.4 Å². The maximum Gasteiger partial charge on any atom is 0.275 e. The van der Waals surface area contributed by atoms with Gasteiger partial charge in [-0.05, 0) is 68.0 Å². The Bertz CT molecular complexity index is 1610. The van der Waals surface area contributed by atoms with Gasteiger partial charge in [0.25, 0.3) is 17.7 Å². The fraction of sp³-hybridized carbons (Fsp3) is 0.200. The van der Waals surface area contributed by atoms with Crippen LogP contribution in [-0.4, -0.2) is 49.8 Å². The Labute approximate surface area is 257 Å². The number of carbonyl (C=O) groups excluding carboxylic acids is 2. The van der Waals surface area contributed by atoms with Gasteiger partial charge in [-0.25, -0.2) is 8.78 Å². The molecule has 1 aliphatic rings. The minimum absolute atomic E-state index is 0. The highest BCUT2D eigenvalue weighted by Crippen LogP contribution is 2.43. The number of fused-ring (bicyclic) bond motifs is 1. The molecule has 1 heterocycles. The van der Waals surface area contributed by atoms with E-state index in [1.54, 1.807) is 60.7 Å². The molecule has 0 saturated heterocycles. The van der Waals surface area contributed by atoms with E-state index in [-0.39, 0.29) is 36.3 Å². The number of nitrogens with one attached hydrogen (secondary N) is 1. The Balaban J connectivity index is 0.00000423. The summed E-state index contributed by atoms with van der Waals surface area (Å²) < 4.78 is 30.7. The molecule has 8 heteroatoms.